The lowest BCUT2D eigenvalue weighted by Gasteiger charge is -2.20. The summed E-state index contributed by atoms with van der Waals surface area (Å²) in [6, 6.07) is 9.52. The van der Waals surface area contributed by atoms with Gasteiger partial charge in [-0.3, -0.25) is 14.6 Å². The average Bonchev–Trinajstić information content (AvgIpc) is 2.55. The summed E-state index contributed by atoms with van der Waals surface area (Å²) in [7, 11) is 0. The molecule has 2 amide bonds. The number of anilines is 1. The van der Waals surface area contributed by atoms with E-state index >= 15 is 0 Å². The van der Waals surface area contributed by atoms with Crippen LogP contribution in [-0.2, 0) is 9.59 Å². The Bertz CT molecular complexity index is 680. The first kappa shape index (κ1) is 16.9. The second kappa shape index (κ2) is 8.27. The monoisotopic (exact) mass is 313 g/mol. The highest BCUT2D eigenvalue weighted by Gasteiger charge is 2.11. The van der Waals surface area contributed by atoms with Crippen LogP contribution in [0.15, 0.2) is 36.5 Å². The van der Waals surface area contributed by atoms with E-state index < -0.39 is 0 Å². The summed E-state index contributed by atoms with van der Waals surface area (Å²) in [4.78, 5) is 29.8. The number of benzene rings is 1. The molecule has 0 aliphatic rings. The second-order valence-electron chi connectivity index (χ2n) is 5.54. The van der Waals surface area contributed by atoms with Crippen LogP contribution in [-0.4, -0.2) is 34.8 Å². The van der Waals surface area contributed by atoms with Gasteiger partial charge in [0.15, 0.2) is 0 Å². The number of amides is 2. The van der Waals surface area contributed by atoms with Gasteiger partial charge in [-0.1, -0.05) is 31.5 Å². The van der Waals surface area contributed by atoms with Crippen LogP contribution in [0.5, 0.6) is 0 Å². The molecule has 23 heavy (non-hydrogen) atoms. The van der Waals surface area contributed by atoms with Crippen LogP contribution in [0.3, 0.4) is 0 Å². The third-order valence-electron chi connectivity index (χ3n) is 3.74. The van der Waals surface area contributed by atoms with Crippen molar-refractivity contribution in [3.63, 3.8) is 0 Å². The average molecular weight is 313 g/mol. The number of pyridine rings is 1. The fourth-order valence-corrected chi connectivity index (χ4v) is 2.43. The number of carbonyl (C=O) groups is 2. The molecule has 0 saturated carbocycles. The quantitative estimate of drug-likeness (QED) is 0.853. The molecule has 0 spiro atoms. The van der Waals surface area contributed by atoms with Crippen molar-refractivity contribution in [3.8, 4) is 0 Å². The van der Waals surface area contributed by atoms with E-state index in [0.717, 1.165) is 23.7 Å². The van der Waals surface area contributed by atoms with E-state index in [9.17, 15) is 9.59 Å². The summed E-state index contributed by atoms with van der Waals surface area (Å²) < 4.78 is 0. The summed E-state index contributed by atoms with van der Waals surface area (Å²) in [6.07, 6.45) is 3.97. The number of rotatable bonds is 7. The van der Waals surface area contributed by atoms with Crippen molar-refractivity contribution in [2.75, 3.05) is 18.4 Å². The fraction of sp³-hybridized carbons (Fsp3) is 0.389. The van der Waals surface area contributed by atoms with Gasteiger partial charge < -0.3 is 10.2 Å². The molecule has 1 aromatic heterocycles. The molecule has 1 N–H and O–H groups in total. The van der Waals surface area contributed by atoms with Crippen LogP contribution in [0, 0.1) is 0 Å². The van der Waals surface area contributed by atoms with Gasteiger partial charge in [0.25, 0.3) is 0 Å². The first-order valence-corrected chi connectivity index (χ1v) is 8.01. The van der Waals surface area contributed by atoms with Gasteiger partial charge in [0.05, 0.1) is 11.2 Å². The van der Waals surface area contributed by atoms with E-state index in [1.807, 2.05) is 30.3 Å². The van der Waals surface area contributed by atoms with Crippen molar-refractivity contribution in [1.82, 2.24) is 9.88 Å². The molecule has 2 rings (SSSR count). The van der Waals surface area contributed by atoms with Gasteiger partial charge in [0.2, 0.25) is 11.8 Å². The Kier molecular flexibility index (Phi) is 6.09. The lowest BCUT2D eigenvalue weighted by Crippen LogP contribution is -2.32. The Balaban J connectivity index is 1.97. The number of unbranched alkanes of at least 4 members (excludes halogenated alkanes) is 1. The van der Waals surface area contributed by atoms with Gasteiger partial charge >= 0.3 is 0 Å². The standard InChI is InChI=1S/C18H23N3O2/c1-3-4-12-21(14(2)22)13-10-17(23)20-16-9-5-7-15-8-6-11-19-18(15)16/h5-9,11H,3-4,10,12-13H2,1-2H3,(H,20,23). The van der Waals surface area contributed by atoms with Crippen LogP contribution in [0.4, 0.5) is 5.69 Å². The molecule has 0 saturated heterocycles. The Morgan fingerprint density at radius 2 is 1.96 bits per heavy atom. The Morgan fingerprint density at radius 3 is 2.70 bits per heavy atom. The zero-order valence-electron chi connectivity index (χ0n) is 13.7. The molecule has 0 aliphatic carbocycles. The summed E-state index contributed by atoms with van der Waals surface area (Å²) >= 11 is 0. The highest BCUT2D eigenvalue weighted by molar-refractivity contribution is 6.00. The predicted molar refractivity (Wildman–Crippen MR) is 92.2 cm³/mol. The van der Waals surface area contributed by atoms with E-state index in [1.54, 1.807) is 18.0 Å². The molecule has 122 valence electrons. The zero-order chi connectivity index (χ0) is 16.7. The van der Waals surface area contributed by atoms with Crippen molar-refractivity contribution in [1.29, 1.82) is 0 Å². The minimum absolute atomic E-state index is 0.0121. The lowest BCUT2D eigenvalue weighted by molar-refractivity contribution is -0.129. The van der Waals surface area contributed by atoms with E-state index in [-0.39, 0.29) is 18.2 Å². The van der Waals surface area contributed by atoms with E-state index in [1.165, 1.54) is 0 Å². The number of nitrogens with one attached hydrogen (secondary N) is 1. The second-order valence-corrected chi connectivity index (χ2v) is 5.54. The summed E-state index contributed by atoms with van der Waals surface area (Å²) in [5.41, 5.74) is 1.48. The van der Waals surface area contributed by atoms with Gasteiger partial charge in [-0.25, -0.2) is 0 Å². The van der Waals surface area contributed by atoms with Crippen molar-refractivity contribution in [2.24, 2.45) is 0 Å². The molecule has 5 heteroatoms. The first-order chi connectivity index (χ1) is 11.1. The molecule has 2 aromatic rings. The third kappa shape index (κ3) is 4.77. The van der Waals surface area contributed by atoms with Gasteiger partial charge in [-0.15, -0.1) is 0 Å². The molecule has 5 nitrogen and oxygen atoms in total. The third-order valence-corrected chi connectivity index (χ3v) is 3.74. The molecule has 0 radical (unpaired) electrons. The summed E-state index contributed by atoms with van der Waals surface area (Å²) in [5.74, 6) is -0.0935. The maximum atomic E-state index is 12.2. The van der Waals surface area contributed by atoms with Crippen molar-refractivity contribution < 1.29 is 9.59 Å². The van der Waals surface area contributed by atoms with Crippen molar-refractivity contribution >= 4 is 28.4 Å². The normalized spacial score (nSPS) is 10.5. The maximum absolute atomic E-state index is 12.2. The summed E-state index contributed by atoms with van der Waals surface area (Å²) in [5, 5.41) is 3.88. The number of fused-ring (bicyclic) bond motifs is 1. The molecule has 0 unspecified atom stereocenters. The molecule has 1 heterocycles. The van der Waals surface area contributed by atoms with Crippen LogP contribution >= 0.6 is 0 Å². The van der Waals surface area contributed by atoms with Crippen molar-refractivity contribution in [2.45, 2.75) is 33.1 Å². The Hall–Kier alpha value is -2.43. The van der Waals surface area contributed by atoms with Crippen LogP contribution < -0.4 is 5.32 Å². The van der Waals surface area contributed by atoms with Crippen LogP contribution in [0.2, 0.25) is 0 Å². The molecule has 0 atom stereocenters. The van der Waals surface area contributed by atoms with Crippen LogP contribution in [0.25, 0.3) is 10.9 Å². The Labute approximate surface area is 136 Å². The fourth-order valence-electron chi connectivity index (χ4n) is 2.43. The SMILES string of the molecule is CCCCN(CCC(=O)Nc1cccc2cccnc12)C(C)=O. The smallest absolute Gasteiger partial charge is 0.226 e. The highest BCUT2D eigenvalue weighted by Crippen LogP contribution is 2.20. The number of para-hydroxylation sites is 1. The molecule has 1 aromatic carbocycles. The number of aromatic nitrogens is 1. The van der Waals surface area contributed by atoms with Crippen molar-refractivity contribution in [3.05, 3.63) is 36.5 Å². The number of carbonyl (C=O) groups excluding carboxylic acids is 2. The summed E-state index contributed by atoms with van der Waals surface area (Å²) in [6.45, 7) is 4.77. The molecule has 0 aliphatic heterocycles. The number of nitrogens with zero attached hydrogens (tertiary/aromatic N) is 2. The van der Waals surface area contributed by atoms with Gasteiger partial charge in [0.1, 0.15) is 0 Å². The van der Waals surface area contributed by atoms with Gasteiger partial charge in [-0.2, -0.15) is 0 Å². The number of hydrogen-bond donors (Lipinski definition) is 1. The minimum atomic E-state index is -0.106. The number of hydrogen-bond acceptors (Lipinski definition) is 3. The van der Waals surface area contributed by atoms with Crippen LogP contribution in [0.1, 0.15) is 33.1 Å². The molecule has 0 bridgehead atoms. The molecule has 0 fully saturated rings. The Morgan fingerprint density at radius 1 is 1.17 bits per heavy atom. The molecular weight excluding hydrogens is 290 g/mol. The van der Waals surface area contributed by atoms with E-state index in [2.05, 4.69) is 17.2 Å². The topological polar surface area (TPSA) is 62.3 Å². The molecular formula is C18H23N3O2. The minimum Gasteiger partial charge on any atom is -0.342 e. The predicted octanol–water partition coefficient (Wildman–Crippen LogP) is 3.21. The lowest BCUT2D eigenvalue weighted by atomic mass is 10.2. The highest BCUT2D eigenvalue weighted by atomic mass is 16.2. The van der Waals surface area contributed by atoms with E-state index in [0.29, 0.717) is 18.8 Å². The largest absolute Gasteiger partial charge is 0.342 e. The zero-order valence-corrected chi connectivity index (χ0v) is 13.7. The maximum Gasteiger partial charge on any atom is 0.226 e. The van der Waals surface area contributed by atoms with Gasteiger partial charge in [0, 0.05) is 38.0 Å². The van der Waals surface area contributed by atoms with E-state index in [4.69, 9.17) is 0 Å². The first-order valence-electron chi connectivity index (χ1n) is 8.01. The van der Waals surface area contributed by atoms with Gasteiger partial charge in [-0.05, 0) is 18.6 Å².